The molecule has 2 atom stereocenters. The Labute approximate surface area is 170 Å². The van der Waals surface area contributed by atoms with Crippen molar-refractivity contribution in [2.45, 2.75) is 63.0 Å². The monoisotopic (exact) mass is 404 g/mol. The number of hydrogen-bond donors (Lipinski definition) is 0. The van der Waals surface area contributed by atoms with Crippen molar-refractivity contribution in [3.8, 4) is 0 Å². The number of carbonyl (C=O) groups excluding carboxylic acids is 1. The Morgan fingerprint density at radius 3 is 2.35 bits per heavy atom. The molecule has 0 saturated carbocycles. The van der Waals surface area contributed by atoms with Gasteiger partial charge in [-0.25, -0.2) is 0 Å². The Morgan fingerprint density at radius 2 is 1.81 bits per heavy atom. The van der Waals surface area contributed by atoms with Crippen molar-refractivity contribution in [1.29, 1.82) is 0 Å². The Balaban J connectivity index is 2.58. The van der Waals surface area contributed by atoms with E-state index in [0.717, 1.165) is 44.0 Å². The second-order valence-corrected chi connectivity index (χ2v) is 12.9. The zero-order valence-electron chi connectivity index (χ0n) is 18.1. The molecule has 1 saturated heterocycles. The third kappa shape index (κ3) is 9.34. The molecule has 0 aliphatic carbocycles. The van der Waals surface area contributed by atoms with Gasteiger partial charge >= 0.3 is 5.97 Å². The number of carbonyl (C=O) groups is 1. The van der Waals surface area contributed by atoms with Crippen molar-refractivity contribution in [3.63, 3.8) is 0 Å². The lowest BCUT2D eigenvalue weighted by Gasteiger charge is -2.28. The predicted molar refractivity (Wildman–Crippen MR) is 117 cm³/mol. The maximum atomic E-state index is 12.3. The third-order valence-electron chi connectivity index (χ3n) is 4.69. The van der Waals surface area contributed by atoms with Crippen LogP contribution in [0.5, 0.6) is 0 Å². The molecule has 26 heavy (non-hydrogen) atoms. The zero-order chi connectivity index (χ0) is 20.0. The molecule has 0 aromatic carbocycles. The normalized spacial score (nSPS) is 22.2. The summed E-state index contributed by atoms with van der Waals surface area (Å²) in [6.45, 7) is 14.5. The Kier molecular flexibility index (Phi) is 9.82. The molecule has 1 aliphatic heterocycles. The van der Waals surface area contributed by atoms with Gasteiger partial charge in [-0.3, -0.25) is 9.69 Å². The Morgan fingerprint density at radius 1 is 1.15 bits per heavy atom. The Hall–Kier alpha value is 0.0900. The lowest BCUT2D eigenvalue weighted by Crippen LogP contribution is -2.38. The fourth-order valence-corrected chi connectivity index (χ4v) is 5.80. The maximum Gasteiger partial charge on any atom is 0.323 e. The molecule has 4 nitrogen and oxygen atoms in total. The molecule has 2 unspecified atom stereocenters. The first-order chi connectivity index (χ1) is 11.9. The van der Waals surface area contributed by atoms with Crippen LogP contribution in [0.15, 0.2) is 0 Å². The van der Waals surface area contributed by atoms with Crippen LogP contribution in [0.25, 0.3) is 0 Å². The van der Waals surface area contributed by atoms with Gasteiger partial charge in [0, 0.05) is 40.6 Å². The highest BCUT2D eigenvalue weighted by atomic mass is 32.2. The average Bonchev–Trinajstić information content (AvgIpc) is 2.86. The summed E-state index contributed by atoms with van der Waals surface area (Å²) in [7, 11) is 5.76. The minimum atomic E-state index is -0.0636. The molecule has 1 heterocycles. The number of rotatable bonds is 10. The van der Waals surface area contributed by atoms with Crippen molar-refractivity contribution in [2.24, 2.45) is 5.92 Å². The molecule has 0 amide bonds. The third-order valence-corrected chi connectivity index (χ3v) is 7.28. The maximum absolute atomic E-state index is 12.3. The van der Waals surface area contributed by atoms with E-state index in [0.29, 0.717) is 5.92 Å². The largest absolute Gasteiger partial charge is 0.468 e. The van der Waals surface area contributed by atoms with Crippen molar-refractivity contribution < 1.29 is 9.53 Å². The topological polar surface area (TPSA) is 32.8 Å². The van der Waals surface area contributed by atoms with Crippen LogP contribution in [0, 0.1) is 5.92 Å². The molecule has 154 valence electrons. The van der Waals surface area contributed by atoms with Gasteiger partial charge in [-0.2, -0.15) is 23.5 Å². The summed E-state index contributed by atoms with van der Waals surface area (Å²) in [4.78, 5) is 16.9. The highest BCUT2D eigenvalue weighted by Gasteiger charge is 2.39. The molecule has 0 aromatic heterocycles. The average molecular weight is 405 g/mol. The second-order valence-electron chi connectivity index (χ2n) is 9.21. The number of ether oxygens (including phenoxy) is 1. The number of nitrogens with zero attached hydrogens (tertiary/aromatic N) is 2. The fourth-order valence-electron chi connectivity index (χ4n) is 3.50. The summed E-state index contributed by atoms with van der Waals surface area (Å²) in [5.74, 6) is 2.72. The minimum absolute atomic E-state index is 0.0619. The molecule has 0 radical (unpaired) electrons. The van der Waals surface area contributed by atoms with Crippen LogP contribution in [-0.2, 0) is 9.53 Å². The van der Waals surface area contributed by atoms with Crippen molar-refractivity contribution in [2.75, 3.05) is 52.3 Å². The predicted octanol–water partition coefficient (Wildman–Crippen LogP) is 3.85. The van der Waals surface area contributed by atoms with Gasteiger partial charge < -0.3 is 9.64 Å². The molecule has 0 N–H and O–H groups in total. The van der Waals surface area contributed by atoms with E-state index in [2.05, 4.69) is 70.3 Å². The quantitative estimate of drug-likeness (QED) is 0.514. The van der Waals surface area contributed by atoms with E-state index in [9.17, 15) is 4.79 Å². The Bertz CT molecular complexity index is 436. The smallest absolute Gasteiger partial charge is 0.323 e. The molecule has 1 aliphatic rings. The minimum Gasteiger partial charge on any atom is -0.468 e. The zero-order valence-corrected chi connectivity index (χ0v) is 19.8. The number of thioether (sulfide) groups is 2. The molecule has 0 spiro atoms. The molecule has 1 rings (SSSR count). The molecule has 6 heteroatoms. The molecule has 0 bridgehead atoms. The number of esters is 1. The first-order valence-corrected chi connectivity index (χ1v) is 11.6. The lowest BCUT2D eigenvalue weighted by molar-refractivity contribution is -0.145. The van der Waals surface area contributed by atoms with Crippen LogP contribution in [0.2, 0.25) is 0 Å². The summed E-state index contributed by atoms with van der Waals surface area (Å²) < 4.78 is 5.60. The van der Waals surface area contributed by atoms with E-state index in [1.54, 1.807) is 0 Å². The SMILES string of the molecule is COC(=O)C1CC(CC(C)(C)SCCN(C)C)CN1CCSC(C)(C)C. The summed E-state index contributed by atoms with van der Waals surface area (Å²) >= 11 is 4.02. The first-order valence-electron chi connectivity index (χ1n) is 9.68. The summed E-state index contributed by atoms with van der Waals surface area (Å²) in [6.07, 6.45) is 2.09. The summed E-state index contributed by atoms with van der Waals surface area (Å²) in [6, 6.07) is -0.0619. The lowest BCUT2D eigenvalue weighted by atomic mass is 9.94. The first kappa shape index (κ1) is 24.1. The second kappa shape index (κ2) is 10.6. The number of methoxy groups -OCH3 is 1. The van der Waals surface area contributed by atoms with Gasteiger partial charge in [0.2, 0.25) is 0 Å². The fraction of sp³-hybridized carbons (Fsp3) is 0.950. The van der Waals surface area contributed by atoms with E-state index in [-0.39, 0.29) is 21.5 Å². The van der Waals surface area contributed by atoms with E-state index in [1.165, 1.54) is 7.11 Å². The van der Waals surface area contributed by atoms with Gasteiger partial charge in [-0.05, 0) is 32.9 Å². The van der Waals surface area contributed by atoms with Gasteiger partial charge in [0.25, 0.3) is 0 Å². The molecule has 0 aromatic rings. The van der Waals surface area contributed by atoms with Gasteiger partial charge in [-0.15, -0.1) is 0 Å². The van der Waals surface area contributed by atoms with Crippen LogP contribution in [0.3, 0.4) is 0 Å². The standard InChI is InChI=1S/C20H40N2O2S2/c1-19(2,3)25-12-10-22-15-16(13-17(22)18(23)24-8)14-20(4,5)26-11-9-21(6)7/h16-17H,9-15H2,1-8H3. The summed E-state index contributed by atoms with van der Waals surface area (Å²) in [5, 5.41) is 0. The van der Waals surface area contributed by atoms with E-state index < -0.39 is 0 Å². The number of hydrogen-bond acceptors (Lipinski definition) is 6. The van der Waals surface area contributed by atoms with Gasteiger partial charge in [0.15, 0.2) is 0 Å². The van der Waals surface area contributed by atoms with Gasteiger partial charge in [0.05, 0.1) is 7.11 Å². The number of likely N-dealkylation sites (tertiary alicyclic amines) is 1. The van der Waals surface area contributed by atoms with Crippen molar-refractivity contribution in [1.82, 2.24) is 9.80 Å². The van der Waals surface area contributed by atoms with Crippen LogP contribution >= 0.6 is 23.5 Å². The van der Waals surface area contributed by atoms with Crippen LogP contribution in [0.4, 0.5) is 0 Å². The van der Waals surface area contributed by atoms with Crippen molar-refractivity contribution >= 4 is 29.5 Å². The summed E-state index contributed by atoms with van der Waals surface area (Å²) in [5.41, 5.74) is 0. The van der Waals surface area contributed by atoms with E-state index in [4.69, 9.17) is 4.74 Å². The highest BCUT2D eigenvalue weighted by Crippen LogP contribution is 2.37. The molecule has 1 fully saturated rings. The van der Waals surface area contributed by atoms with Crippen LogP contribution in [0.1, 0.15) is 47.5 Å². The molecular formula is C20H40N2O2S2. The highest BCUT2D eigenvalue weighted by molar-refractivity contribution is 8.00. The van der Waals surface area contributed by atoms with Gasteiger partial charge in [0.1, 0.15) is 6.04 Å². The van der Waals surface area contributed by atoms with Crippen LogP contribution < -0.4 is 0 Å². The van der Waals surface area contributed by atoms with Crippen LogP contribution in [-0.4, -0.2) is 83.7 Å². The van der Waals surface area contributed by atoms with E-state index in [1.807, 2.05) is 11.8 Å². The molecular weight excluding hydrogens is 364 g/mol. The van der Waals surface area contributed by atoms with Gasteiger partial charge in [-0.1, -0.05) is 34.6 Å². The van der Waals surface area contributed by atoms with Crippen molar-refractivity contribution in [3.05, 3.63) is 0 Å². The van der Waals surface area contributed by atoms with E-state index >= 15 is 0 Å².